The van der Waals surface area contributed by atoms with Gasteiger partial charge in [0.25, 0.3) is 0 Å². The Kier molecular flexibility index (Phi) is 6.59. The molecule has 0 aliphatic heterocycles. The molecule has 0 fully saturated rings. The molecule has 0 saturated carbocycles. The van der Waals surface area contributed by atoms with Crippen LogP contribution in [-0.2, 0) is 11.2 Å². The Balaban J connectivity index is 2.21. The van der Waals surface area contributed by atoms with Gasteiger partial charge in [-0.1, -0.05) is 62.7 Å². The van der Waals surface area contributed by atoms with Crippen molar-refractivity contribution in [2.24, 2.45) is 5.41 Å². The lowest BCUT2D eigenvalue weighted by atomic mass is 9.96. The van der Waals surface area contributed by atoms with Crippen LogP contribution >= 0.6 is 11.6 Å². The molecule has 0 aliphatic carbocycles. The predicted octanol–water partition coefficient (Wildman–Crippen LogP) is 4.21. The average Bonchev–Trinajstić information content (AvgIpc) is 2.36. The van der Waals surface area contributed by atoms with Crippen LogP contribution in [0.15, 0.2) is 36.4 Å². The first-order valence-corrected chi connectivity index (χ1v) is 7.08. The highest BCUT2D eigenvalue weighted by Gasteiger charge is 2.04. The Bertz CT molecular complexity index is 464. The number of carbonyl (C=O) groups is 1. The monoisotopic (exact) mass is 295 g/mol. The summed E-state index contributed by atoms with van der Waals surface area (Å²) >= 11 is 6.03. The summed E-state index contributed by atoms with van der Waals surface area (Å²) in [6.45, 7) is 7.06. The number of amides is 1. The van der Waals surface area contributed by atoms with Crippen LogP contribution in [0.2, 0.25) is 5.02 Å². The summed E-state index contributed by atoms with van der Waals surface area (Å²) < 4.78 is 5.04. The van der Waals surface area contributed by atoms with E-state index in [4.69, 9.17) is 16.3 Å². The Hall–Kier alpha value is -1.48. The molecule has 1 aromatic carbocycles. The molecule has 4 heteroatoms. The number of alkyl carbamates (subject to hydrolysis) is 1. The zero-order valence-corrected chi connectivity index (χ0v) is 13.0. The second kappa shape index (κ2) is 7.95. The minimum Gasteiger partial charge on any atom is -0.445 e. The van der Waals surface area contributed by atoms with Gasteiger partial charge in [-0.3, -0.25) is 0 Å². The van der Waals surface area contributed by atoms with E-state index >= 15 is 0 Å². The molecule has 110 valence electrons. The third-order valence-electron chi connectivity index (χ3n) is 2.55. The fourth-order valence-electron chi connectivity index (χ4n) is 1.58. The van der Waals surface area contributed by atoms with Gasteiger partial charge >= 0.3 is 6.09 Å². The van der Waals surface area contributed by atoms with Gasteiger partial charge in [0.05, 0.1) is 0 Å². The van der Waals surface area contributed by atoms with E-state index in [9.17, 15) is 4.79 Å². The van der Waals surface area contributed by atoms with Gasteiger partial charge in [-0.2, -0.15) is 0 Å². The first kappa shape index (κ1) is 16.6. The molecule has 1 rings (SSSR count). The Labute approximate surface area is 126 Å². The molecular formula is C16H22ClNO2. The number of halogens is 1. The normalized spacial score (nSPS) is 11.6. The van der Waals surface area contributed by atoms with Crippen molar-refractivity contribution in [2.75, 3.05) is 13.2 Å². The fourth-order valence-corrected chi connectivity index (χ4v) is 1.81. The number of allylic oxidation sites excluding steroid dienone is 1. The number of carbonyl (C=O) groups excluding carboxylic acids is 1. The molecule has 0 heterocycles. The van der Waals surface area contributed by atoms with Crippen molar-refractivity contribution < 1.29 is 9.53 Å². The lowest BCUT2D eigenvalue weighted by molar-refractivity contribution is 0.158. The largest absolute Gasteiger partial charge is 0.445 e. The minimum absolute atomic E-state index is 0.101. The lowest BCUT2D eigenvalue weighted by Gasteiger charge is -2.11. The average molecular weight is 296 g/mol. The van der Waals surface area contributed by atoms with Gasteiger partial charge in [0, 0.05) is 11.6 Å². The molecular weight excluding hydrogens is 274 g/mol. The summed E-state index contributed by atoms with van der Waals surface area (Å²) in [7, 11) is 0. The number of hydrogen-bond donors (Lipinski definition) is 1. The van der Waals surface area contributed by atoms with Crippen LogP contribution < -0.4 is 5.32 Å². The Morgan fingerprint density at radius 1 is 1.35 bits per heavy atom. The van der Waals surface area contributed by atoms with Crippen molar-refractivity contribution in [3.8, 4) is 0 Å². The van der Waals surface area contributed by atoms with Gasteiger partial charge in [-0.05, 0) is 23.5 Å². The van der Waals surface area contributed by atoms with Crippen molar-refractivity contribution in [1.82, 2.24) is 5.32 Å². The molecule has 1 N–H and O–H groups in total. The maximum atomic E-state index is 11.4. The van der Waals surface area contributed by atoms with E-state index in [1.54, 1.807) is 0 Å². The highest BCUT2D eigenvalue weighted by atomic mass is 35.5. The maximum absolute atomic E-state index is 11.4. The van der Waals surface area contributed by atoms with E-state index in [0.29, 0.717) is 13.0 Å². The van der Waals surface area contributed by atoms with Crippen molar-refractivity contribution >= 4 is 17.7 Å². The quantitative estimate of drug-likeness (QED) is 0.826. The maximum Gasteiger partial charge on any atom is 0.407 e. The lowest BCUT2D eigenvalue weighted by Crippen LogP contribution is -2.26. The van der Waals surface area contributed by atoms with E-state index in [-0.39, 0.29) is 12.0 Å². The molecule has 0 saturated heterocycles. The second-order valence-corrected chi connectivity index (χ2v) is 6.04. The minimum atomic E-state index is -0.407. The standard InChI is InChI=1S/C16H22ClNO2/c1-16(2,3)10-6-12-20-15(19)18-11-9-13-7-4-5-8-14(13)17/h4-8,10H,9,11-12H2,1-3H3,(H,18,19). The van der Waals surface area contributed by atoms with E-state index in [1.165, 1.54) is 0 Å². The molecule has 0 bridgehead atoms. The van der Waals surface area contributed by atoms with Gasteiger partial charge in [0.15, 0.2) is 0 Å². The fraction of sp³-hybridized carbons (Fsp3) is 0.438. The topological polar surface area (TPSA) is 38.3 Å². The summed E-state index contributed by atoms with van der Waals surface area (Å²) in [6.07, 6.45) is 4.15. The van der Waals surface area contributed by atoms with Crippen molar-refractivity contribution in [1.29, 1.82) is 0 Å². The second-order valence-electron chi connectivity index (χ2n) is 5.64. The van der Waals surface area contributed by atoms with E-state index in [2.05, 4.69) is 26.1 Å². The van der Waals surface area contributed by atoms with Crippen LogP contribution in [0, 0.1) is 5.41 Å². The molecule has 0 atom stereocenters. The molecule has 20 heavy (non-hydrogen) atoms. The summed E-state index contributed by atoms with van der Waals surface area (Å²) in [5.74, 6) is 0. The zero-order chi connectivity index (χ0) is 15.0. The SMILES string of the molecule is CC(C)(C)C=CCOC(=O)NCCc1ccccc1Cl. The van der Waals surface area contributed by atoms with Crippen LogP contribution in [-0.4, -0.2) is 19.2 Å². The van der Waals surface area contributed by atoms with Crippen molar-refractivity contribution in [3.05, 3.63) is 47.0 Å². The van der Waals surface area contributed by atoms with E-state index in [1.807, 2.05) is 36.4 Å². The number of nitrogens with one attached hydrogen (secondary N) is 1. The molecule has 1 amide bonds. The van der Waals surface area contributed by atoms with Crippen LogP contribution in [0.1, 0.15) is 26.3 Å². The Morgan fingerprint density at radius 3 is 2.70 bits per heavy atom. The summed E-state index contributed by atoms with van der Waals surface area (Å²) in [5.41, 5.74) is 1.12. The molecule has 0 aromatic heterocycles. The molecule has 0 radical (unpaired) electrons. The van der Waals surface area contributed by atoms with Crippen molar-refractivity contribution in [2.45, 2.75) is 27.2 Å². The van der Waals surface area contributed by atoms with Gasteiger partial charge < -0.3 is 10.1 Å². The van der Waals surface area contributed by atoms with Crippen LogP contribution in [0.4, 0.5) is 4.79 Å². The van der Waals surface area contributed by atoms with Gasteiger partial charge in [0.1, 0.15) is 6.61 Å². The summed E-state index contributed by atoms with van der Waals surface area (Å²) in [5, 5.41) is 3.42. The number of benzene rings is 1. The molecule has 1 aromatic rings. The Morgan fingerprint density at radius 2 is 2.05 bits per heavy atom. The summed E-state index contributed by atoms with van der Waals surface area (Å²) in [4.78, 5) is 11.4. The van der Waals surface area contributed by atoms with Gasteiger partial charge in [-0.15, -0.1) is 0 Å². The molecule has 0 spiro atoms. The number of rotatable bonds is 5. The highest BCUT2D eigenvalue weighted by Crippen LogP contribution is 2.15. The predicted molar refractivity (Wildman–Crippen MR) is 83.1 cm³/mol. The van der Waals surface area contributed by atoms with Gasteiger partial charge in [-0.25, -0.2) is 4.79 Å². The van der Waals surface area contributed by atoms with Crippen LogP contribution in [0.25, 0.3) is 0 Å². The highest BCUT2D eigenvalue weighted by molar-refractivity contribution is 6.31. The molecule has 3 nitrogen and oxygen atoms in total. The first-order chi connectivity index (χ1) is 9.38. The number of hydrogen-bond acceptors (Lipinski definition) is 2. The van der Waals surface area contributed by atoms with Gasteiger partial charge in [0.2, 0.25) is 0 Å². The molecule has 0 unspecified atom stereocenters. The third kappa shape index (κ3) is 7.19. The van der Waals surface area contributed by atoms with Crippen LogP contribution in [0.3, 0.4) is 0 Å². The zero-order valence-electron chi connectivity index (χ0n) is 12.3. The smallest absolute Gasteiger partial charge is 0.407 e. The van der Waals surface area contributed by atoms with Crippen LogP contribution in [0.5, 0.6) is 0 Å². The van der Waals surface area contributed by atoms with E-state index < -0.39 is 6.09 Å². The number of ether oxygens (including phenoxy) is 1. The van der Waals surface area contributed by atoms with E-state index in [0.717, 1.165) is 10.6 Å². The summed E-state index contributed by atoms with van der Waals surface area (Å²) in [6, 6.07) is 7.60. The first-order valence-electron chi connectivity index (χ1n) is 6.70. The molecule has 0 aliphatic rings. The van der Waals surface area contributed by atoms with Crippen molar-refractivity contribution in [3.63, 3.8) is 0 Å². The third-order valence-corrected chi connectivity index (χ3v) is 2.92.